The number of hydrogen-bond donors (Lipinski definition) is 0. The lowest BCUT2D eigenvalue weighted by molar-refractivity contribution is 0.607. The molecule has 0 saturated carbocycles. The van der Waals surface area contributed by atoms with E-state index in [0.717, 1.165) is 39.7 Å². The van der Waals surface area contributed by atoms with Crippen LogP contribution < -0.4 is 0 Å². The molecule has 0 aliphatic rings. The molecule has 148 valence electrons. The van der Waals surface area contributed by atoms with Crippen LogP contribution in [0.1, 0.15) is 62.6 Å². The third-order valence-electron chi connectivity index (χ3n) is 5.13. The molecular formula is C27H30N2. The van der Waals surface area contributed by atoms with Gasteiger partial charge in [-0.25, -0.2) is 0 Å². The summed E-state index contributed by atoms with van der Waals surface area (Å²) < 4.78 is 0. The van der Waals surface area contributed by atoms with Crippen LogP contribution in [0.5, 0.6) is 0 Å². The van der Waals surface area contributed by atoms with Crippen LogP contribution in [0.2, 0.25) is 0 Å². The van der Waals surface area contributed by atoms with E-state index in [-0.39, 0.29) is 0 Å². The Morgan fingerprint density at radius 2 is 1.83 bits per heavy atom. The third kappa shape index (κ3) is 5.04. The van der Waals surface area contributed by atoms with Gasteiger partial charge in [-0.1, -0.05) is 51.0 Å². The fourth-order valence-electron chi connectivity index (χ4n) is 3.53. The lowest BCUT2D eigenvalue weighted by Gasteiger charge is -2.23. The molecule has 2 heteroatoms. The van der Waals surface area contributed by atoms with Crippen LogP contribution in [-0.4, -0.2) is 4.98 Å². The molecule has 1 unspecified atom stereocenters. The summed E-state index contributed by atoms with van der Waals surface area (Å²) in [5.41, 5.74) is 5.77. The second-order valence-corrected chi connectivity index (χ2v) is 7.19. The average Bonchev–Trinajstić information content (AvgIpc) is 2.74. The molecule has 0 amide bonds. The van der Waals surface area contributed by atoms with Gasteiger partial charge in [0.1, 0.15) is 0 Å². The van der Waals surface area contributed by atoms with Gasteiger partial charge in [0, 0.05) is 16.6 Å². The van der Waals surface area contributed by atoms with E-state index in [4.69, 9.17) is 4.98 Å². The summed E-state index contributed by atoms with van der Waals surface area (Å²) >= 11 is 0. The first kappa shape index (κ1) is 22.2. The molecule has 0 saturated heterocycles. The van der Waals surface area contributed by atoms with Gasteiger partial charge in [0.2, 0.25) is 0 Å². The minimum absolute atomic E-state index is 0.620. The Hall–Kier alpha value is -3.10. The SMILES string of the molecule is CC.CC#Cc1cccc(CC(C)(C#N)c2ccc3cc(CC)c(C)nc3c2)c1. The molecule has 2 nitrogen and oxygen atoms in total. The number of benzene rings is 2. The van der Waals surface area contributed by atoms with E-state index in [1.165, 1.54) is 5.56 Å². The van der Waals surface area contributed by atoms with Crippen molar-refractivity contribution in [3.8, 4) is 17.9 Å². The van der Waals surface area contributed by atoms with Crippen LogP contribution >= 0.6 is 0 Å². The minimum Gasteiger partial charge on any atom is -0.253 e. The molecule has 3 rings (SSSR count). The highest BCUT2D eigenvalue weighted by molar-refractivity contribution is 5.80. The Kier molecular flexibility index (Phi) is 7.58. The molecule has 3 aromatic rings. The topological polar surface area (TPSA) is 36.7 Å². The zero-order valence-corrected chi connectivity index (χ0v) is 18.4. The molecule has 0 spiro atoms. The maximum atomic E-state index is 9.98. The van der Waals surface area contributed by atoms with Crippen molar-refractivity contribution < 1.29 is 0 Å². The van der Waals surface area contributed by atoms with Crippen LogP contribution in [0.25, 0.3) is 10.9 Å². The molecule has 1 atom stereocenters. The predicted molar refractivity (Wildman–Crippen MR) is 123 cm³/mol. The lowest BCUT2D eigenvalue weighted by atomic mass is 9.78. The molecule has 0 aliphatic carbocycles. The van der Waals surface area contributed by atoms with E-state index in [1.807, 2.05) is 39.8 Å². The molecule has 2 aromatic carbocycles. The van der Waals surface area contributed by atoms with Crippen molar-refractivity contribution in [1.29, 1.82) is 5.26 Å². The van der Waals surface area contributed by atoms with Gasteiger partial charge in [-0.05, 0) is 74.6 Å². The minimum atomic E-state index is -0.620. The van der Waals surface area contributed by atoms with Gasteiger partial charge in [-0.3, -0.25) is 4.98 Å². The van der Waals surface area contributed by atoms with Crippen LogP contribution in [0.15, 0.2) is 48.5 Å². The van der Waals surface area contributed by atoms with Crippen molar-refractivity contribution in [2.24, 2.45) is 0 Å². The summed E-state index contributed by atoms with van der Waals surface area (Å²) in [6.45, 7) is 12.0. The number of nitriles is 1. The van der Waals surface area contributed by atoms with Gasteiger partial charge in [-0.15, -0.1) is 5.92 Å². The van der Waals surface area contributed by atoms with Gasteiger partial charge in [0.05, 0.1) is 17.0 Å². The number of fused-ring (bicyclic) bond motifs is 1. The molecule has 29 heavy (non-hydrogen) atoms. The first-order valence-corrected chi connectivity index (χ1v) is 10.3. The van der Waals surface area contributed by atoms with Crippen LogP contribution in [0.3, 0.4) is 0 Å². The summed E-state index contributed by atoms with van der Waals surface area (Å²) in [6, 6.07) is 19.1. The van der Waals surface area contributed by atoms with Gasteiger partial charge in [0.15, 0.2) is 0 Å². The van der Waals surface area contributed by atoms with E-state index in [1.54, 1.807) is 0 Å². The van der Waals surface area contributed by atoms with Gasteiger partial charge in [0.25, 0.3) is 0 Å². The van der Waals surface area contributed by atoms with Crippen LogP contribution in [0.4, 0.5) is 0 Å². The zero-order chi connectivity index (χ0) is 21.4. The Morgan fingerprint density at radius 1 is 1.07 bits per heavy atom. The maximum Gasteiger partial charge on any atom is 0.0835 e. The molecule has 1 aromatic heterocycles. The van der Waals surface area contributed by atoms with Crippen molar-refractivity contribution in [3.05, 3.63) is 76.5 Å². The summed E-state index contributed by atoms with van der Waals surface area (Å²) in [7, 11) is 0. The first-order chi connectivity index (χ1) is 14.0. The molecule has 0 radical (unpaired) electrons. The molecule has 0 fully saturated rings. The Bertz CT molecular complexity index is 1090. The van der Waals surface area contributed by atoms with E-state index < -0.39 is 5.41 Å². The van der Waals surface area contributed by atoms with Crippen molar-refractivity contribution in [2.45, 2.75) is 59.8 Å². The molecule has 0 bridgehead atoms. The van der Waals surface area contributed by atoms with Crippen molar-refractivity contribution in [1.82, 2.24) is 4.98 Å². The van der Waals surface area contributed by atoms with E-state index in [2.05, 4.69) is 68.2 Å². The second kappa shape index (κ2) is 9.90. The largest absolute Gasteiger partial charge is 0.253 e. The summed E-state index contributed by atoms with van der Waals surface area (Å²) in [4.78, 5) is 4.77. The summed E-state index contributed by atoms with van der Waals surface area (Å²) in [5, 5.41) is 11.1. The zero-order valence-electron chi connectivity index (χ0n) is 18.4. The molecule has 0 aliphatic heterocycles. The Labute approximate surface area is 175 Å². The Balaban J connectivity index is 0.00000145. The standard InChI is InChI=1S/C25H24N2.C2H6/c1-5-8-19-9-7-10-20(13-19)16-25(4,17-26)23-12-11-22-14-21(6-2)18(3)27-24(22)15-23;1-2/h7,9-15H,6,16H2,1-4H3;1-2H3. The van der Waals surface area contributed by atoms with E-state index in [9.17, 15) is 5.26 Å². The van der Waals surface area contributed by atoms with Crippen molar-refractivity contribution >= 4 is 10.9 Å². The summed E-state index contributed by atoms with van der Waals surface area (Å²) in [5.74, 6) is 6.02. The predicted octanol–water partition coefficient (Wildman–Crippen LogP) is 6.53. The van der Waals surface area contributed by atoms with E-state index in [0.29, 0.717) is 6.42 Å². The molecule has 1 heterocycles. The quantitative estimate of drug-likeness (QED) is 0.481. The number of aromatic nitrogens is 1. The van der Waals surface area contributed by atoms with E-state index >= 15 is 0 Å². The normalized spacial score (nSPS) is 12.0. The maximum absolute atomic E-state index is 9.98. The van der Waals surface area contributed by atoms with Crippen molar-refractivity contribution in [3.63, 3.8) is 0 Å². The number of hydrogen-bond acceptors (Lipinski definition) is 2. The fourth-order valence-corrected chi connectivity index (χ4v) is 3.53. The average molecular weight is 383 g/mol. The smallest absolute Gasteiger partial charge is 0.0835 e. The highest BCUT2D eigenvalue weighted by Crippen LogP contribution is 2.30. The second-order valence-electron chi connectivity index (χ2n) is 7.19. The van der Waals surface area contributed by atoms with Gasteiger partial charge in [-0.2, -0.15) is 5.26 Å². The first-order valence-electron chi connectivity index (χ1n) is 10.3. The summed E-state index contributed by atoms with van der Waals surface area (Å²) in [6.07, 6.45) is 1.61. The number of pyridine rings is 1. The third-order valence-corrected chi connectivity index (χ3v) is 5.13. The monoisotopic (exact) mass is 382 g/mol. The number of rotatable bonds is 4. The lowest BCUT2D eigenvalue weighted by Crippen LogP contribution is -2.23. The number of aryl methyl sites for hydroxylation is 2. The van der Waals surface area contributed by atoms with Crippen molar-refractivity contribution in [2.75, 3.05) is 0 Å². The van der Waals surface area contributed by atoms with Crippen LogP contribution in [0, 0.1) is 30.1 Å². The molecule has 0 N–H and O–H groups in total. The number of nitrogens with zero attached hydrogens (tertiary/aromatic N) is 2. The highest BCUT2D eigenvalue weighted by atomic mass is 14.7. The van der Waals surface area contributed by atoms with Gasteiger partial charge < -0.3 is 0 Å². The fraction of sp³-hybridized carbons (Fsp3) is 0.333. The van der Waals surface area contributed by atoms with Crippen LogP contribution in [-0.2, 0) is 18.3 Å². The Morgan fingerprint density at radius 3 is 2.48 bits per heavy atom. The highest BCUT2D eigenvalue weighted by Gasteiger charge is 2.27. The van der Waals surface area contributed by atoms with Gasteiger partial charge >= 0.3 is 0 Å². The molecular weight excluding hydrogens is 352 g/mol.